The van der Waals surface area contributed by atoms with E-state index in [1.807, 2.05) is 23.9 Å². The average Bonchev–Trinajstić information content (AvgIpc) is 3.25. The van der Waals surface area contributed by atoms with Crippen LogP contribution in [0.1, 0.15) is 31.0 Å². The van der Waals surface area contributed by atoms with Gasteiger partial charge in [0.25, 0.3) is 0 Å². The van der Waals surface area contributed by atoms with E-state index < -0.39 is 0 Å². The molecule has 0 radical (unpaired) electrons. The first-order valence-electron chi connectivity index (χ1n) is 8.68. The van der Waals surface area contributed by atoms with E-state index in [-0.39, 0.29) is 0 Å². The van der Waals surface area contributed by atoms with Crippen LogP contribution in [0.25, 0.3) is 11.5 Å². The number of hydrogen-bond donors (Lipinski definition) is 2. The highest BCUT2D eigenvalue weighted by molar-refractivity contribution is 8.00. The molecule has 0 bridgehead atoms. The van der Waals surface area contributed by atoms with E-state index in [1.54, 1.807) is 13.3 Å². The zero-order valence-electron chi connectivity index (χ0n) is 15.1. The molecule has 5 nitrogen and oxygen atoms in total. The Hall–Kier alpha value is -1.95. The topological polar surface area (TPSA) is 62.5 Å². The normalized spacial score (nSPS) is 20.7. The Balaban J connectivity index is 1.53. The van der Waals surface area contributed by atoms with Crippen molar-refractivity contribution in [1.29, 1.82) is 0 Å². The first-order valence-corrected chi connectivity index (χ1v) is 9.66. The first-order chi connectivity index (χ1) is 12.1. The molecular formula is C19H26N4OS. The summed E-state index contributed by atoms with van der Waals surface area (Å²) in [6, 6.07) is 8.17. The molecule has 1 aromatic carbocycles. The van der Waals surface area contributed by atoms with Gasteiger partial charge in [0.1, 0.15) is 6.26 Å². The average molecular weight is 359 g/mol. The number of benzene rings is 1. The number of guanidine groups is 1. The van der Waals surface area contributed by atoms with Crippen molar-refractivity contribution in [1.82, 2.24) is 15.6 Å². The second-order valence-corrected chi connectivity index (χ2v) is 8.37. The maximum Gasteiger partial charge on any atom is 0.226 e. The van der Waals surface area contributed by atoms with Gasteiger partial charge in [-0.3, -0.25) is 4.99 Å². The summed E-state index contributed by atoms with van der Waals surface area (Å²) in [6.07, 6.45) is 4.25. The molecule has 1 saturated heterocycles. The van der Waals surface area contributed by atoms with Crippen molar-refractivity contribution < 1.29 is 4.42 Å². The first kappa shape index (κ1) is 17.9. The fraction of sp³-hybridized carbons (Fsp3) is 0.474. The molecule has 2 aromatic rings. The van der Waals surface area contributed by atoms with E-state index in [0.29, 0.717) is 17.2 Å². The lowest BCUT2D eigenvalue weighted by Crippen LogP contribution is -2.43. The lowest BCUT2D eigenvalue weighted by molar-refractivity contribution is 0.571. The van der Waals surface area contributed by atoms with Gasteiger partial charge >= 0.3 is 0 Å². The smallest absolute Gasteiger partial charge is 0.226 e. The monoisotopic (exact) mass is 358 g/mol. The number of hydrogen-bond acceptors (Lipinski definition) is 4. The third kappa shape index (κ3) is 4.78. The molecule has 1 atom stereocenters. The standard InChI is InChI=1S/C19H26N4OS/c1-14-5-7-15(8-6-14)17-23-16(12-24-17)11-21-18(20-3)22-13-19(2)9-4-10-25-19/h5-8,12H,4,9-11,13H2,1-3H3,(H2,20,21,22). The number of thioether (sulfide) groups is 1. The van der Waals surface area contributed by atoms with Gasteiger partial charge in [-0.25, -0.2) is 4.98 Å². The zero-order valence-corrected chi connectivity index (χ0v) is 15.9. The van der Waals surface area contributed by atoms with Gasteiger partial charge in [-0.15, -0.1) is 0 Å². The van der Waals surface area contributed by atoms with E-state index in [9.17, 15) is 0 Å². The van der Waals surface area contributed by atoms with Crippen LogP contribution in [-0.4, -0.2) is 35.0 Å². The summed E-state index contributed by atoms with van der Waals surface area (Å²) in [5.41, 5.74) is 3.08. The Morgan fingerprint density at radius 1 is 1.32 bits per heavy atom. The third-order valence-corrected chi connectivity index (χ3v) is 5.98. The van der Waals surface area contributed by atoms with Crippen LogP contribution in [0.3, 0.4) is 0 Å². The summed E-state index contributed by atoms with van der Waals surface area (Å²) in [7, 11) is 1.79. The van der Waals surface area contributed by atoms with Crippen LogP contribution in [0.5, 0.6) is 0 Å². The van der Waals surface area contributed by atoms with E-state index in [0.717, 1.165) is 23.8 Å². The molecule has 0 amide bonds. The predicted octanol–water partition coefficient (Wildman–Crippen LogP) is 3.60. The summed E-state index contributed by atoms with van der Waals surface area (Å²) < 4.78 is 5.91. The second kappa shape index (κ2) is 7.95. The molecule has 2 N–H and O–H groups in total. The Labute approximate surface area is 153 Å². The number of nitrogens with one attached hydrogen (secondary N) is 2. The highest BCUT2D eigenvalue weighted by atomic mass is 32.2. The molecule has 0 saturated carbocycles. The minimum absolute atomic E-state index is 0.310. The van der Waals surface area contributed by atoms with Crippen molar-refractivity contribution in [3.8, 4) is 11.5 Å². The summed E-state index contributed by atoms with van der Waals surface area (Å²) >= 11 is 2.04. The highest BCUT2D eigenvalue weighted by Crippen LogP contribution is 2.36. The van der Waals surface area contributed by atoms with Crippen molar-refractivity contribution >= 4 is 17.7 Å². The molecule has 6 heteroatoms. The van der Waals surface area contributed by atoms with Crippen LogP contribution < -0.4 is 10.6 Å². The van der Waals surface area contributed by atoms with Crippen LogP contribution in [0.4, 0.5) is 0 Å². The number of nitrogens with zero attached hydrogens (tertiary/aromatic N) is 2. The van der Waals surface area contributed by atoms with Gasteiger partial charge in [-0.05, 0) is 44.6 Å². The van der Waals surface area contributed by atoms with E-state index in [1.165, 1.54) is 24.2 Å². The fourth-order valence-electron chi connectivity index (χ4n) is 2.86. The van der Waals surface area contributed by atoms with E-state index >= 15 is 0 Å². The van der Waals surface area contributed by atoms with Crippen molar-refractivity contribution in [2.24, 2.45) is 4.99 Å². The van der Waals surface area contributed by atoms with Crippen LogP contribution in [0.15, 0.2) is 39.9 Å². The van der Waals surface area contributed by atoms with Crippen LogP contribution >= 0.6 is 11.8 Å². The van der Waals surface area contributed by atoms with E-state index in [2.05, 4.69) is 46.6 Å². The summed E-state index contributed by atoms with van der Waals surface area (Å²) in [5.74, 6) is 2.70. The van der Waals surface area contributed by atoms with Gasteiger partial charge in [0.2, 0.25) is 5.89 Å². The number of aliphatic imine (C=N–C) groups is 1. The minimum atomic E-state index is 0.310. The molecule has 25 heavy (non-hydrogen) atoms. The number of aromatic nitrogens is 1. The van der Waals surface area contributed by atoms with Gasteiger partial charge in [0.05, 0.1) is 12.2 Å². The molecule has 1 fully saturated rings. The molecule has 3 rings (SSSR count). The molecule has 134 valence electrons. The largest absolute Gasteiger partial charge is 0.444 e. The van der Waals surface area contributed by atoms with Crippen LogP contribution in [0, 0.1) is 6.92 Å². The lowest BCUT2D eigenvalue weighted by atomic mass is 10.1. The predicted molar refractivity (Wildman–Crippen MR) is 105 cm³/mol. The van der Waals surface area contributed by atoms with Crippen molar-refractivity contribution in [3.63, 3.8) is 0 Å². The molecule has 0 spiro atoms. The molecule has 2 heterocycles. The lowest BCUT2D eigenvalue weighted by Gasteiger charge is -2.24. The molecular weight excluding hydrogens is 332 g/mol. The molecule has 1 aromatic heterocycles. The molecule has 0 aliphatic carbocycles. The van der Waals surface area contributed by atoms with Gasteiger partial charge in [0, 0.05) is 23.9 Å². The summed E-state index contributed by atoms with van der Waals surface area (Å²) in [4.78, 5) is 8.85. The van der Waals surface area contributed by atoms with Crippen LogP contribution in [-0.2, 0) is 6.54 Å². The quantitative estimate of drug-likeness (QED) is 0.632. The fourth-order valence-corrected chi connectivity index (χ4v) is 4.10. The van der Waals surface area contributed by atoms with Gasteiger partial charge in [-0.2, -0.15) is 11.8 Å². The van der Waals surface area contributed by atoms with Gasteiger partial charge in [-0.1, -0.05) is 17.7 Å². The summed E-state index contributed by atoms with van der Waals surface area (Å²) in [6.45, 7) is 5.89. The van der Waals surface area contributed by atoms with Crippen molar-refractivity contribution in [3.05, 3.63) is 41.8 Å². The van der Waals surface area contributed by atoms with Crippen molar-refractivity contribution in [2.75, 3.05) is 19.3 Å². The Kier molecular flexibility index (Phi) is 5.68. The van der Waals surface area contributed by atoms with Gasteiger partial charge < -0.3 is 15.1 Å². The van der Waals surface area contributed by atoms with E-state index in [4.69, 9.17) is 4.42 Å². The van der Waals surface area contributed by atoms with Gasteiger partial charge in [0.15, 0.2) is 5.96 Å². The minimum Gasteiger partial charge on any atom is -0.444 e. The number of oxazole rings is 1. The van der Waals surface area contributed by atoms with Crippen LogP contribution in [0.2, 0.25) is 0 Å². The zero-order chi connectivity index (χ0) is 17.7. The number of aryl methyl sites for hydroxylation is 1. The Morgan fingerprint density at radius 3 is 2.80 bits per heavy atom. The maximum atomic E-state index is 5.60. The highest BCUT2D eigenvalue weighted by Gasteiger charge is 2.29. The SMILES string of the molecule is CN=C(NCc1coc(-c2ccc(C)cc2)n1)NCC1(C)CCCS1. The molecule has 1 aliphatic heterocycles. The Bertz CT molecular complexity index is 717. The Morgan fingerprint density at radius 2 is 2.12 bits per heavy atom. The van der Waals surface area contributed by atoms with Crippen molar-refractivity contribution in [2.45, 2.75) is 38.0 Å². The number of rotatable bonds is 5. The molecule has 1 unspecified atom stereocenters. The summed E-state index contributed by atoms with van der Waals surface area (Å²) in [5, 5.41) is 6.73. The molecule has 1 aliphatic rings. The second-order valence-electron chi connectivity index (χ2n) is 6.69. The maximum absolute atomic E-state index is 5.60. The third-order valence-electron chi connectivity index (χ3n) is 4.44.